The van der Waals surface area contributed by atoms with Crippen molar-refractivity contribution < 1.29 is 4.79 Å². The minimum atomic E-state index is 0.208. The van der Waals surface area contributed by atoms with Crippen molar-refractivity contribution in [2.45, 2.75) is 57.2 Å². The summed E-state index contributed by atoms with van der Waals surface area (Å²) < 4.78 is 0. The Balaban J connectivity index is 1.60. The third-order valence-corrected chi connectivity index (χ3v) is 3.94. The first-order valence-corrected chi connectivity index (χ1v) is 6.88. The van der Waals surface area contributed by atoms with Gasteiger partial charge >= 0.3 is 0 Å². The smallest absolute Gasteiger partial charge is 0.221 e. The molecule has 2 rings (SSSR count). The van der Waals surface area contributed by atoms with Crippen LogP contribution in [0.3, 0.4) is 0 Å². The molecule has 1 aliphatic carbocycles. The first-order chi connectivity index (χ1) is 8.15. The molecular weight excluding hydrogens is 214 g/mol. The van der Waals surface area contributed by atoms with Gasteiger partial charge in [0.2, 0.25) is 5.91 Å². The van der Waals surface area contributed by atoms with E-state index in [2.05, 4.69) is 29.5 Å². The zero-order valence-electron chi connectivity index (χ0n) is 11.0. The Hall–Kier alpha value is -0.610. The third-order valence-electron chi connectivity index (χ3n) is 3.94. The molecule has 17 heavy (non-hydrogen) atoms. The van der Waals surface area contributed by atoms with Gasteiger partial charge < -0.3 is 15.5 Å². The number of likely N-dealkylation sites (tertiary alicyclic amines) is 1. The first-order valence-electron chi connectivity index (χ1n) is 6.88. The van der Waals surface area contributed by atoms with E-state index in [4.69, 9.17) is 0 Å². The van der Waals surface area contributed by atoms with Gasteiger partial charge in [-0.3, -0.25) is 4.79 Å². The van der Waals surface area contributed by atoms with Crippen LogP contribution in [-0.2, 0) is 4.79 Å². The summed E-state index contributed by atoms with van der Waals surface area (Å²) in [7, 11) is 2.16. The van der Waals surface area contributed by atoms with Crippen molar-refractivity contribution in [3.8, 4) is 0 Å². The highest BCUT2D eigenvalue weighted by atomic mass is 16.1. The van der Waals surface area contributed by atoms with E-state index in [-0.39, 0.29) is 5.91 Å². The van der Waals surface area contributed by atoms with Crippen LogP contribution in [-0.4, -0.2) is 49.1 Å². The molecule has 0 aromatic heterocycles. The molecule has 2 unspecified atom stereocenters. The van der Waals surface area contributed by atoms with Crippen molar-refractivity contribution in [2.75, 3.05) is 20.1 Å². The van der Waals surface area contributed by atoms with Crippen molar-refractivity contribution in [1.82, 2.24) is 15.5 Å². The molecule has 98 valence electrons. The summed E-state index contributed by atoms with van der Waals surface area (Å²) in [5.74, 6) is 0.208. The fourth-order valence-electron chi connectivity index (χ4n) is 2.40. The molecule has 4 nitrogen and oxygen atoms in total. The number of amides is 1. The van der Waals surface area contributed by atoms with Gasteiger partial charge in [0.25, 0.3) is 0 Å². The van der Waals surface area contributed by atoms with E-state index in [1.54, 1.807) is 0 Å². The number of nitrogens with one attached hydrogen (secondary N) is 2. The Morgan fingerprint density at radius 1 is 1.29 bits per heavy atom. The highest BCUT2D eigenvalue weighted by Crippen LogP contribution is 2.18. The van der Waals surface area contributed by atoms with Crippen molar-refractivity contribution in [1.29, 1.82) is 0 Å². The van der Waals surface area contributed by atoms with E-state index in [0.29, 0.717) is 24.5 Å². The van der Waals surface area contributed by atoms with E-state index >= 15 is 0 Å². The number of carbonyl (C=O) groups excluding carboxylic acids is 1. The maximum Gasteiger partial charge on any atom is 0.221 e. The van der Waals surface area contributed by atoms with Crippen LogP contribution in [0.4, 0.5) is 0 Å². The Bertz CT molecular complexity index is 265. The van der Waals surface area contributed by atoms with Gasteiger partial charge in [0.1, 0.15) is 0 Å². The molecule has 0 aromatic rings. The van der Waals surface area contributed by atoms with E-state index in [9.17, 15) is 4.79 Å². The van der Waals surface area contributed by atoms with Crippen LogP contribution < -0.4 is 10.6 Å². The number of hydrogen-bond donors (Lipinski definition) is 2. The molecule has 1 saturated carbocycles. The van der Waals surface area contributed by atoms with Gasteiger partial charge in [-0.05, 0) is 39.7 Å². The third kappa shape index (κ3) is 4.28. The molecule has 0 bridgehead atoms. The standard InChI is InChI=1S/C13H25N3O/c1-10-9-12(6-8-16(10)2)15-13(17)5-7-14-11-3-4-11/h10-12,14H,3-9H2,1-2H3,(H,15,17). The molecule has 2 aliphatic rings. The Labute approximate surface area is 104 Å². The normalized spacial score (nSPS) is 30.2. The van der Waals surface area contributed by atoms with Crippen LogP contribution in [0.2, 0.25) is 0 Å². The van der Waals surface area contributed by atoms with Gasteiger partial charge in [-0.15, -0.1) is 0 Å². The molecule has 1 saturated heterocycles. The summed E-state index contributed by atoms with van der Waals surface area (Å²) >= 11 is 0. The van der Waals surface area contributed by atoms with Crippen LogP contribution in [0.1, 0.15) is 39.0 Å². The monoisotopic (exact) mass is 239 g/mol. The molecule has 1 heterocycles. The average Bonchev–Trinajstić information content (AvgIpc) is 3.07. The van der Waals surface area contributed by atoms with Gasteiger partial charge in [0, 0.05) is 37.6 Å². The molecule has 0 radical (unpaired) electrons. The molecular formula is C13H25N3O. The van der Waals surface area contributed by atoms with Crippen molar-refractivity contribution >= 4 is 5.91 Å². The number of piperidine rings is 1. The Morgan fingerprint density at radius 3 is 2.71 bits per heavy atom. The summed E-state index contributed by atoms with van der Waals surface area (Å²) in [6.07, 6.45) is 5.36. The minimum absolute atomic E-state index is 0.208. The molecule has 2 fully saturated rings. The second-order valence-corrected chi connectivity index (χ2v) is 5.60. The SMILES string of the molecule is CC1CC(NC(=O)CCNC2CC2)CCN1C. The highest BCUT2D eigenvalue weighted by molar-refractivity contribution is 5.76. The molecule has 4 heteroatoms. The largest absolute Gasteiger partial charge is 0.353 e. The summed E-state index contributed by atoms with van der Waals surface area (Å²) in [5, 5.41) is 6.53. The quantitative estimate of drug-likeness (QED) is 0.743. The summed E-state index contributed by atoms with van der Waals surface area (Å²) in [4.78, 5) is 14.1. The fourth-order valence-corrected chi connectivity index (χ4v) is 2.40. The van der Waals surface area contributed by atoms with Crippen LogP contribution in [0.15, 0.2) is 0 Å². The highest BCUT2D eigenvalue weighted by Gasteiger charge is 2.24. The predicted molar refractivity (Wildman–Crippen MR) is 68.9 cm³/mol. The van der Waals surface area contributed by atoms with E-state index in [0.717, 1.165) is 25.9 Å². The Kier molecular flexibility index (Phi) is 4.40. The Morgan fingerprint density at radius 2 is 2.06 bits per heavy atom. The summed E-state index contributed by atoms with van der Waals surface area (Å²) in [6, 6.07) is 1.67. The van der Waals surface area contributed by atoms with E-state index in [1.165, 1.54) is 12.8 Å². The van der Waals surface area contributed by atoms with Crippen molar-refractivity contribution in [3.63, 3.8) is 0 Å². The lowest BCUT2D eigenvalue weighted by Crippen LogP contribution is -2.47. The zero-order valence-corrected chi connectivity index (χ0v) is 11.0. The molecule has 1 aliphatic heterocycles. The van der Waals surface area contributed by atoms with Gasteiger partial charge in [-0.2, -0.15) is 0 Å². The average molecular weight is 239 g/mol. The van der Waals surface area contributed by atoms with Crippen LogP contribution in [0.5, 0.6) is 0 Å². The van der Waals surface area contributed by atoms with E-state index in [1.807, 2.05) is 0 Å². The number of hydrogen-bond acceptors (Lipinski definition) is 3. The van der Waals surface area contributed by atoms with Gasteiger partial charge in [0.15, 0.2) is 0 Å². The zero-order chi connectivity index (χ0) is 12.3. The fraction of sp³-hybridized carbons (Fsp3) is 0.923. The number of nitrogens with zero attached hydrogens (tertiary/aromatic N) is 1. The van der Waals surface area contributed by atoms with Gasteiger partial charge in [-0.1, -0.05) is 0 Å². The second-order valence-electron chi connectivity index (χ2n) is 5.60. The summed E-state index contributed by atoms with van der Waals surface area (Å²) in [5.41, 5.74) is 0. The van der Waals surface area contributed by atoms with Gasteiger partial charge in [-0.25, -0.2) is 0 Å². The lowest BCUT2D eigenvalue weighted by Gasteiger charge is -2.35. The van der Waals surface area contributed by atoms with Crippen molar-refractivity contribution in [2.24, 2.45) is 0 Å². The minimum Gasteiger partial charge on any atom is -0.353 e. The number of rotatable bonds is 5. The maximum absolute atomic E-state index is 11.7. The molecule has 2 N–H and O–H groups in total. The van der Waals surface area contributed by atoms with E-state index < -0.39 is 0 Å². The van der Waals surface area contributed by atoms with Crippen LogP contribution >= 0.6 is 0 Å². The molecule has 1 amide bonds. The summed E-state index contributed by atoms with van der Waals surface area (Å²) in [6.45, 7) is 4.15. The molecule has 0 spiro atoms. The first kappa shape index (κ1) is 12.8. The van der Waals surface area contributed by atoms with Gasteiger partial charge in [0.05, 0.1) is 0 Å². The lowest BCUT2D eigenvalue weighted by atomic mass is 9.99. The topological polar surface area (TPSA) is 44.4 Å². The molecule has 2 atom stereocenters. The van der Waals surface area contributed by atoms with Crippen molar-refractivity contribution in [3.05, 3.63) is 0 Å². The molecule has 0 aromatic carbocycles. The van der Waals surface area contributed by atoms with Crippen LogP contribution in [0.25, 0.3) is 0 Å². The maximum atomic E-state index is 11.7. The van der Waals surface area contributed by atoms with Crippen LogP contribution in [0, 0.1) is 0 Å². The number of carbonyl (C=O) groups is 1. The lowest BCUT2D eigenvalue weighted by molar-refractivity contribution is -0.122. The predicted octanol–water partition coefficient (Wildman–Crippen LogP) is 0.727. The second kappa shape index (κ2) is 5.83.